The quantitative estimate of drug-likeness (QED) is 0.783. The predicted molar refractivity (Wildman–Crippen MR) is 79.2 cm³/mol. The van der Waals surface area contributed by atoms with E-state index in [2.05, 4.69) is 10.6 Å². The summed E-state index contributed by atoms with van der Waals surface area (Å²) in [7, 11) is -3.06. The van der Waals surface area contributed by atoms with Gasteiger partial charge in [0.25, 0.3) is 0 Å². The van der Waals surface area contributed by atoms with E-state index >= 15 is 0 Å². The van der Waals surface area contributed by atoms with Crippen molar-refractivity contribution >= 4 is 27.4 Å². The Hall–Kier alpha value is -1.18. The molecule has 7 heteroatoms. The Morgan fingerprint density at radius 3 is 2.58 bits per heavy atom. The van der Waals surface area contributed by atoms with Crippen LogP contribution < -0.4 is 10.6 Å². The van der Waals surface area contributed by atoms with Crippen LogP contribution in [0.5, 0.6) is 0 Å². The van der Waals surface area contributed by atoms with Gasteiger partial charge in [0.1, 0.15) is 0 Å². The van der Waals surface area contributed by atoms with E-state index < -0.39 is 10.0 Å². The summed E-state index contributed by atoms with van der Waals surface area (Å²) in [5, 5.41) is 6.76. The van der Waals surface area contributed by atoms with Crippen LogP contribution in [-0.2, 0) is 16.6 Å². The lowest BCUT2D eigenvalue weighted by atomic mass is 10.2. The first-order chi connectivity index (χ1) is 8.95. The molecule has 0 bridgehead atoms. The van der Waals surface area contributed by atoms with Gasteiger partial charge >= 0.3 is 0 Å². The highest BCUT2D eigenvalue weighted by Gasteiger charge is 2.33. The Labute approximate surface area is 119 Å². The smallest absolute Gasteiger partial charge is 0.211 e. The van der Waals surface area contributed by atoms with Gasteiger partial charge in [0.15, 0.2) is 5.11 Å². The van der Waals surface area contributed by atoms with E-state index in [9.17, 15) is 8.42 Å². The second-order valence-corrected chi connectivity index (χ2v) is 6.98. The summed E-state index contributed by atoms with van der Waals surface area (Å²) in [5.41, 5.74) is 1.15. The lowest BCUT2D eigenvalue weighted by Crippen LogP contribution is -2.61. The Morgan fingerprint density at radius 1 is 1.37 bits per heavy atom. The third-order valence-electron chi connectivity index (χ3n) is 2.95. The number of thiocarbonyl (C=S) groups is 1. The van der Waals surface area contributed by atoms with Crippen molar-refractivity contribution in [2.75, 3.05) is 19.3 Å². The van der Waals surface area contributed by atoms with Gasteiger partial charge in [-0.3, -0.25) is 0 Å². The molecule has 1 aromatic rings. The van der Waals surface area contributed by atoms with E-state index in [1.807, 2.05) is 30.3 Å². The zero-order valence-corrected chi connectivity index (χ0v) is 12.3. The van der Waals surface area contributed by atoms with E-state index in [1.165, 1.54) is 10.6 Å². The van der Waals surface area contributed by atoms with Crippen molar-refractivity contribution in [2.24, 2.45) is 0 Å². The fourth-order valence-corrected chi connectivity index (χ4v) is 2.96. The highest BCUT2D eigenvalue weighted by molar-refractivity contribution is 7.88. The average Bonchev–Trinajstić information content (AvgIpc) is 2.30. The van der Waals surface area contributed by atoms with Crippen molar-refractivity contribution in [1.29, 1.82) is 0 Å². The molecule has 1 heterocycles. The molecule has 0 spiro atoms. The van der Waals surface area contributed by atoms with E-state index in [1.54, 1.807) is 0 Å². The number of nitrogens with zero attached hydrogens (tertiary/aromatic N) is 1. The summed E-state index contributed by atoms with van der Waals surface area (Å²) in [5.74, 6) is 0. The molecule has 0 unspecified atom stereocenters. The van der Waals surface area contributed by atoms with Gasteiger partial charge in [-0.05, 0) is 17.8 Å². The maximum absolute atomic E-state index is 11.2. The first-order valence-electron chi connectivity index (χ1n) is 5.98. The minimum absolute atomic E-state index is 0.102. The summed E-state index contributed by atoms with van der Waals surface area (Å²) in [6.45, 7) is 1.62. The fourth-order valence-electron chi connectivity index (χ4n) is 1.81. The molecular weight excluding hydrogens is 282 g/mol. The monoisotopic (exact) mass is 299 g/mol. The molecule has 0 saturated carbocycles. The van der Waals surface area contributed by atoms with Gasteiger partial charge in [-0.15, -0.1) is 0 Å². The third kappa shape index (κ3) is 4.15. The molecule has 0 aliphatic carbocycles. The molecule has 0 atom stereocenters. The van der Waals surface area contributed by atoms with Gasteiger partial charge in [0.05, 0.1) is 12.3 Å². The lowest BCUT2D eigenvalue weighted by molar-refractivity contribution is 0.249. The summed E-state index contributed by atoms with van der Waals surface area (Å²) in [6.07, 6.45) is 1.22. The highest BCUT2D eigenvalue weighted by atomic mass is 32.2. The summed E-state index contributed by atoms with van der Waals surface area (Å²) < 4.78 is 23.8. The van der Waals surface area contributed by atoms with Crippen LogP contribution in [0, 0.1) is 0 Å². The average molecular weight is 299 g/mol. The lowest BCUT2D eigenvalue weighted by Gasteiger charge is -2.38. The first-order valence-corrected chi connectivity index (χ1v) is 8.24. The topological polar surface area (TPSA) is 61.4 Å². The normalized spacial score (nSPS) is 16.7. The Bertz CT molecular complexity index is 539. The van der Waals surface area contributed by atoms with Gasteiger partial charge in [-0.25, -0.2) is 8.42 Å². The van der Waals surface area contributed by atoms with Crippen LogP contribution in [0.15, 0.2) is 30.3 Å². The van der Waals surface area contributed by atoms with Crippen LogP contribution in [0.4, 0.5) is 0 Å². The molecule has 0 amide bonds. The van der Waals surface area contributed by atoms with Crippen LogP contribution in [0.3, 0.4) is 0 Å². The molecule has 1 saturated heterocycles. The van der Waals surface area contributed by atoms with Crippen molar-refractivity contribution in [3.63, 3.8) is 0 Å². The van der Waals surface area contributed by atoms with Gasteiger partial charge < -0.3 is 10.6 Å². The number of nitrogens with one attached hydrogen (secondary N) is 2. The fraction of sp³-hybridized carbons (Fsp3) is 0.417. The number of benzene rings is 1. The van der Waals surface area contributed by atoms with Gasteiger partial charge in [-0.1, -0.05) is 30.3 Å². The minimum Gasteiger partial charge on any atom is -0.359 e. The second kappa shape index (κ2) is 5.85. The standard InChI is InChI=1S/C12H17N3O2S2/c1-19(16,17)15-8-11(9-15)14-12(18)13-7-10-5-3-2-4-6-10/h2-6,11H,7-9H2,1H3,(H2,13,14,18). The zero-order chi connectivity index (χ0) is 13.9. The van der Waals surface area contributed by atoms with E-state index in [4.69, 9.17) is 12.2 Å². The van der Waals surface area contributed by atoms with Crippen molar-refractivity contribution < 1.29 is 8.42 Å². The van der Waals surface area contributed by atoms with E-state index in [-0.39, 0.29) is 6.04 Å². The second-order valence-electron chi connectivity index (χ2n) is 4.59. The Balaban J connectivity index is 1.69. The predicted octanol–water partition coefficient (Wildman–Crippen LogP) is 0.295. The Kier molecular flexibility index (Phi) is 4.38. The van der Waals surface area contributed by atoms with Crippen molar-refractivity contribution in [2.45, 2.75) is 12.6 Å². The van der Waals surface area contributed by atoms with Crippen LogP contribution in [-0.4, -0.2) is 43.2 Å². The minimum atomic E-state index is -3.06. The molecule has 1 aliphatic heterocycles. The SMILES string of the molecule is CS(=O)(=O)N1CC(NC(=S)NCc2ccccc2)C1. The van der Waals surface area contributed by atoms with Crippen molar-refractivity contribution in [3.05, 3.63) is 35.9 Å². The molecule has 2 rings (SSSR count). The molecule has 2 N–H and O–H groups in total. The molecule has 1 aromatic carbocycles. The summed E-state index contributed by atoms with van der Waals surface area (Å²) >= 11 is 5.17. The summed E-state index contributed by atoms with van der Waals surface area (Å²) in [4.78, 5) is 0. The maximum atomic E-state index is 11.2. The number of rotatable bonds is 4. The number of hydrogen-bond acceptors (Lipinski definition) is 3. The maximum Gasteiger partial charge on any atom is 0.211 e. The molecule has 19 heavy (non-hydrogen) atoms. The number of sulfonamides is 1. The largest absolute Gasteiger partial charge is 0.359 e. The third-order valence-corrected chi connectivity index (χ3v) is 4.45. The highest BCUT2D eigenvalue weighted by Crippen LogP contribution is 2.11. The summed E-state index contributed by atoms with van der Waals surface area (Å²) in [6, 6.07) is 10.1. The molecule has 5 nitrogen and oxygen atoms in total. The zero-order valence-electron chi connectivity index (χ0n) is 10.7. The molecule has 104 valence electrons. The van der Waals surface area contributed by atoms with Crippen LogP contribution >= 0.6 is 12.2 Å². The van der Waals surface area contributed by atoms with E-state index in [0.717, 1.165) is 5.56 Å². The Morgan fingerprint density at radius 2 is 2.00 bits per heavy atom. The van der Waals surface area contributed by atoms with Crippen LogP contribution in [0.25, 0.3) is 0 Å². The van der Waals surface area contributed by atoms with Crippen molar-refractivity contribution in [3.8, 4) is 0 Å². The van der Waals surface area contributed by atoms with Gasteiger partial charge in [0.2, 0.25) is 10.0 Å². The van der Waals surface area contributed by atoms with Gasteiger partial charge in [-0.2, -0.15) is 4.31 Å². The molecule has 0 aromatic heterocycles. The number of hydrogen-bond donors (Lipinski definition) is 2. The first kappa shape index (κ1) is 14.2. The molecule has 1 aliphatic rings. The van der Waals surface area contributed by atoms with Gasteiger partial charge in [0, 0.05) is 19.6 Å². The molecule has 1 fully saturated rings. The van der Waals surface area contributed by atoms with Crippen molar-refractivity contribution in [1.82, 2.24) is 14.9 Å². The van der Waals surface area contributed by atoms with Crippen LogP contribution in [0.1, 0.15) is 5.56 Å². The van der Waals surface area contributed by atoms with E-state index in [0.29, 0.717) is 24.7 Å². The van der Waals surface area contributed by atoms with Crippen LogP contribution in [0.2, 0.25) is 0 Å². The molecule has 0 radical (unpaired) electrons. The molecular formula is C12H17N3O2S2.